The second-order valence-corrected chi connectivity index (χ2v) is 7.72. The molecule has 6 heteroatoms. The molecule has 2 aromatic rings. The van der Waals surface area contributed by atoms with Crippen LogP contribution in [0.25, 0.3) is 0 Å². The lowest BCUT2D eigenvalue weighted by Gasteiger charge is -2.34. The zero-order valence-electron chi connectivity index (χ0n) is 17.9. The van der Waals surface area contributed by atoms with Gasteiger partial charge in [0.1, 0.15) is 0 Å². The monoisotopic (exact) mass is 398 g/mol. The Bertz CT molecular complexity index is 802. The normalized spacial score (nSPS) is 12.4. The molecule has 0 heterocycles. The van der Waals surface area contributed by atoms with Crippen molar-refractivity contribution < 1.29 is 14.2 Å². The van der Waals surface area contributed by atoms with Crippen molar-refractivity contribution in [2.24, 2.45) is 0 Å². The standard InChI is InChI=1S/C23H32N3O3/c1-5-26(4,6-2)18-10-17-24(19(3)20-11-8-7-9-12-20)23(27)21-13-15-22(16-14-21)25(28)29/h7-9,11-16,19H,5-6,10,17-18H2,1-4H3/q+1. The van der Waals surface area contributed by atoms with Crippen molar-refractivity contribution in [2.75, 3.05) is 33.2 Å². The molecule has 0 fully saturated rings. The average Bonchev–Trinajstić information content (AvgIpc) is 2.76. The van der Waals surface area contributed by atoms with Gasteiger partial charge in [0.2, 0.25) is 0 Å². The van der Waals surface area contributed by atoms with Crippen LogP contribution in [0.3, 0.4) is 0 Å². The molecule has 0 aromatic heterocycles. The highest BCUT2D eigenvalue weighted by molar-refractivity contribution is 5.94. The molecule has 2 rings (SSSR count). The number of quaternary nitrogens is 1. The molecular weight excluding hydrogens is 366 g/mol. The SMILES string of the molecule is CC[N+](C)(CC)CCCN(C(=O)c1ccc([N+](=O)[O-])cc1)C(C)c1ccccc1. The van der Waals surface area contributed by atoms with Crippen LogP contribution < -0.4 is 0 Å². The van der Waals surface area contributed by atoms with E-state index in [1.54, 1.807) is 12.1 Å². The Morgan fingerprint density at radius 2 is 1.66 bits per heavy atom. The molecule has 0 N–H and O–H groups in total. The first-order valence-corrected chi connectivity index (χ1v) is 10.2. The van der Waals surface area contributed by atoms with Crippen LogP contribution in [0.15, 0.2) is 54.6 Å². The minimum absolute atomic E-state index is 0.0110. The molecule has 2 aromatic carbocycles. The third kappa shape index (κ3) is 5.87. The lowest BCUT2D eigenvalue weighted by atomic mass is 10.0. The molecule has 156 valence electrons. The van der Waals surface area contributed by atoms with E-state index in [0.717, 1.165) is 36.1 Å². The van der Waals surface area contributed by atoms with Crippen LogP contribution in [0.5, 0.6) is 0 Å². The predicted molar refractivity (Wildman–Crippen MR) is 116 cm³/mol. The highest BCUT2D eigenvalue weighted by atomic mass is 16.6. The first-order valence-electron chi connectivity index (χ1n) is 10.2. The van der Waals surface area contributed by atoms with Gasteiger partial charge in [0.25, 0.3) is 11.6 Å². The molecule has 0 aliphatic carbocycles. The molecule has 0 saturated heterocycles. The number of hydrogen-bond donors (Lipinski definition) is 0. The van der Waals surface area contributed by atoms with E-state index in [1.807, 2.05) is 42.2 Å². The summed E-state index contributed by atoms with van der Waals surface area (Å²) in [5.41, 5.74) is 1.54. The molecule has 0 aliphatic heterocycles. The van der Waals surface area contributed by atoms with Gasteiger partial charge in [-0.3, -0.25) is 14.9 Å². The Balaban J connectivity index is 2.23. The molecule has 0 spiro atoms. The fourth-order valence-electron chi connectivity index (χ4n) is 3.44. The molecule has 0 saturated carbocycles. The van der Waals surface area contributed by atoms with E-state index in [4.69, 9.17) is 0 Å². The van der Waals surface area contributed by atoms with Gasteiger partial charge in [-0.05, 0) is 38.5 Å². The third-order valence-corrected chi connectivity index (χ3v) is 5.96. The predicted octanol–water partition coefficient (Wildman–Crippen LogP) is 4.67. The molecular formula is C23H32N3O3+. The Labute approximate surface area is 173 Å². The minimum Gasteiger partial charge on any atom is -0.332 e. The number of amides is 1. The first kappa shape index (κ1) is 22.6. The van der Waals surface area contributed by atoms with E-state index >= 15 is 0 Å². The number of rotatable bonds is 10. The summed E-state index contributed by atoms with van der Waals surface area (Å²) in [5, 5.41) is 10.9. The number of nitrogens with zero attached hydrogens (tertiary/aromatic N) is 3. The van der Waals surface area contributed by atoms with Crippen molar-refractivity contribution in [1.29, 1.82) is 0 Å². The molecule has 0 aliphatic rings. The molecule has 0 bridgehead atoms. The molecule has 1 unspecified atom stereocenters. The second-order valence-electron chi connectivity index (χ2n) is 7.72. The number of hydrogen-bond acceptors (Lipinski definition) is 3. The third-order valence-electron chi connectivity index (χ3n) is 5.96. The van der Waals surface area contributed by atoms with Crippen molar-refractivity contribution in [3.63, 3.8) is 0 Å². The molecule has 1 atom stereocenters. The fraction of sp³-hybridized carbons (Fsp3) is 0.435. The Hall–Kier alpha value is -2.73. The van der Waals surface area contributed by atoms with E-state index in [2.05, 4.69) is 20.9 Å². The lowest BCUT2D eigenvalue weighted by Crippen LogP contribution is -2.45. The van der Waals surface area contributed by atoms with Crippen molar-refractivity contribution in [3.8, 4) is 0 Å². The lowest BCUT2D eigenvalue weighted by molar-refractivity contribution is -0.906. The van der Waals surface area contributed by atoms with Crippen LogP contribution in [-0.2, 0) is 0 Å². The summed E-state index contributed by atoms with van der Waals surface area (Å²) in [7, 11) is 2.24. The number of carbonyl (C=O) groups is 1. The highest BCUT2D eigenvalue weighted by Crippen LogP contribution is 2.24. The zero-order chi connectivity index (χ0) is 21.4. The Morgan fingerprint density at radius 1 is 1.07 bits per heavy atom. The smallest absolute Gasteiger partial charge is 0.269 e. The second kappa shape index (κ2) is 10.2. The maximum atomic E-state index is 13.3. The van der Waals surface area contributed by atoms with Crippen molar-refractivity contribution in [2.45, 2.75) is 33.2 Å². The molecule has 0 radical (unpaired) electrons. The topological polar surface area (TPSA) is 63.5 Å². The molecule has 6 nitrogen and oxygen atoms in total. The van der Waals surface area contributed by atoms with Crippen molar-refractivity contribution in [1.82, 2.24) is 4.90 Å². The largest absolute Gasteiger partial charge is 0.332 e. The summed E-state index contributed by atoms with van der Waals surface area (Å²) in [6.45, 7) is 10.2. The van der Waals surface area contributed by atoms with E-state index in [0.29, 0.717) is 12.1 Å². The minimum atomic E-state index is -0.452. The zero-order valence-corrected chi connectivity index (χ0v) is 17.9. The van der Waals surface area contributed by atoms with E-state index in [1.165, 1.54) is 12.1 Å². The van der Waals surface area contributed by atoms with E-state index in [9.17, 15) is 14.9 Å². The first-order chi connectivity index (χ1) is 13.8. The van der Waals surface area contributed by atoms with Gasteiger partial charge in [-0.2, -0.15) is 0 Å². The quantitative estimate of drug-likeness (QED) is 0.332. The van der Waals surface area contributed by atoms with Gasteiger partial charge in [0.05, 0.1) is 37.6 Å². The van der Waals surface area contributed by atoms with Crippen LogP contribution in [0, 0.1) is 10.1 Å². The van der Waals surface area contributed by atoms with E-state index < -0.39 is 4.92 Å². The van der Waals surface area contributed by atoms with Gasteiger partial charge in [0, 0.05) is 30.7 Å². The average molecular weight is 399 g/mol. The Morgan fingerprint density at radius 3 is 2.17 bits per heavy atom. The summed E-state index contributed by atoms with van der Waals surface area (Å²) in [6, 6.07) is 15.8. The number of nitro benzene ring substituents is 1. The van der Waals surface area contributed by atoms with Crippen LogP contribution in [0.4, 0.5) is 5.69 Å². The highest BCUT2D eigenvalue weighted by Gasteiger charge is 2.25. The van der Waals surface area contributed by atoms with Gasteiger partial charge in [-0.25, -0.2) is 0 Å². The van der Waals surface area contributed by atoms with Crippen LogP contribution in [0.2, 0.25) is 0 Å². The van der Waals surface area contributed by atoms with E-state index in [-0.39, 0.29) is 17.6 Å². The maximum Gasteiger partial charge on any atom is 0.269 e. The van der Waals surface area contributed by atoms with Gasteiger partial charge in [0.15, 0.2) is 0 Å². The van der Waals surface area contributed by atoms with Crippen LogP contribution in [0.1, 0.15) is 49.2 Å². The number of non-ortho nitro benzene ring substituents is 1. The number of benzene rings is 2. The summed E-state index contributed by atoms with van der Waals surface area (Å²) in [6.07, 6.45) is 0.897. The van der Waals surface area contributed by atoms with Gasteiger partial charge < -0.3 is 9.38 Å². The van der Waals surface area contributed by atoms with Crippen molar-refractivity contribution >= 4 is 11.6 Å². The van der Waals surface area contributed by atoms with Gasteiger partial charge in [-0.15, -0.1) is 0 Å². The summed E-state index contributed by atoms with van der Waals surface area (Å²) in [5.74, 6) is -0.0987. The summed E-state index contributed by atoms with van der Waals surface area (Å²) in [4.78, 5) is 25.6. The van der Waals surface area contributed by atoms with Crippen LogP contribution >= 0.6 is 0 Å². The van der Waals surface area contributed by atoms with Crippen molar-refractivity contribution in [3.05, 3.63) is 75.8 Å². The molecule has 1 amide bonds. The number of nitro groups is 1. The summed E-state index contributed by atoms with van der Waals surface area (Å²) >= 11 is 0. The molecule has 29 heavy (non-hydrogen) atoms. The fourth-order valence-corrected chi connectivity index (χ4v) is 3.44. The summed E-state index contributed by atoms with van der Waals surface area (Å²) < 4.78 is 0.972. The van der Waals surface area contributed by atoms with Gasteiger partial charge in [-0.1, -0.05) is 30.3 Å². The van der Waals surface area contributed by atoms with Gasteiger partial charge >= 0.3 is 0 Å². The van der Waals surface area contributed by atoms with Crippen LogP contribution in [-0.4, -0.2) is 53.4 Å². The Kier molecular flexibility index (Phi) is 7.91. The maximum absolute atomic E-state index is 13.3. The number of carbonyl (C=O) groups excluding carboxylic acids is 1.